The number of likely N-dealkylation sites (tertiary alicyclic amines) is 1. The summed E-state index contributed by atoms with van der Waals surface area (Å²) in [5.74, 6) is -0.878. The highest BCUT2D eigenvalue weighted by Gasteiger charge is 2.48. The molecule has 0 radical (unpaired) electrons. The van der Waals surface area contributed by atoms with Gasteiger partial charge in [0.15, 0.2) is 0 Å². The minimum Gasteiger partial charge on any atom is -0.481 e. The van der Waals surface area contributed by atoms with Crippen molar-refractivity contribution in [1.82, 2.24) is 9.47 Å². The van der Waals surface area contributed by atoms with E-state index in [0.717, 1.165) is 0 Å². The molecule has 2 rings (SSSR count). The lowest BCUT2D eigenvalue weighted by atomic mass is 9.76. The Bertz CT molecular complexity index is 507. The van der Waals surface area contributed by atoms with Crippen molar-refractivity contribution in [2.75, 3.05) is 13.1 Å². The second-order valence-electron chi connectivity index (χ2n) is 5.60. The number of aliphatic carboxylic acids is 1. The van der Waals surface area contributed by atoms with Gasteiger partial charge in [-0.1, -0.05) is 13.8 Å². The average Bonchev–Trinajstić information content (AvgIpc) is 2.94. The van der Waals surface area contributed by atoms with Gasteiger partial charge in [0, 0.05) is 26.3 Å². The van der Waals surface area contributed by atoms with E-state index in [9.17, 15) is 14.7 Å². The van der Waals surface area contributed by atoms with Crippen molar-refractivity contribution >= 4 is 11.9 Å². The maximum Gasteiger partial charge on any atom is 0.311 e. The van der Waals surface area contributed by atoms with Gasteiger partial charge in [-0.3, -0.25) is 9.59 Å². The Balaban J connectivity index is 2.20. The van der Waals surface area contributed by atoms with Gasteiger partial charge in [0.2, 0.25) is 0 Å². The predicted molar refractivity (Wildman–Crippen MR) is 70.8 cm³/mol. The number of carboxylic acids is 1. The first-order valence-electron chi connectivity index (χ1n) is 6.52. The van der Waals surface area contributed by atoms with E-state index < -0.39 is 11.4 Å². The molecule has 1 aliphatic rings. The van der Waals surface area contributed by atoms with E-state index in [1.807, 2.05) is 33.2 Å². The van der Waals surface area contributed by atoms with Gasteiger partial charge in [-0.15, -0.1) is 0 Å². The zero-order valence-electron chi connectivity index (χ0n) is 11.6. The zero-order valence-corrected chi connectivity index (χ0v) is 11.6. The van der Waals surface area contributed by atoms with Gasteiger partial charge < -0.3 is 14.6 Å². The van der Waals surface area contributed by atoms with E-state index in [2.05, 4.69) is 0 Å². The van der Waals surface area contributed by atoms with Crippen molar-refractivity contribution in [3.63, 3.8) is 0 Å². The first-order chi connectivity index (χ1) is 8.88. The molecule has 19 heavy (non-hydrogen) atoms. The Morgan fingerprint density at radius 1 is 1.42 bits per heavy atom. The number of hydrogen-bond donors (Lipinski definition) is 1. The molecule has 1 amide bonds. The first-order valence-corrected chi connectivity index (χ1v) is 6.52. The number of aryl methyl sites for hydroxylation is 1. The number of hydrogen-bond acceptors (Lipinski definition) is 2. The third-order valence-electron chi connectivity index (χ3n) is 4.28. The van der Waals surface area contributed by atoms with Gasteiger partial charge in [-0.25, -0.2) is 0 Å². The standard InChI is InChI=1S/C14H20N2O3/c1-10(2)14(13(18)19)6-8-16(9-14)12(17)11-5-4-7-15(11)3/h4-5,7,10H,6,8-9H2,1-3H3,(H,18,19). The average molecular weight is 264 g/mol. The quantitative estimate of drug-likeness (QED) is 0.902. The first kappa shape index (κ1) is 13.6. The van der Waals surface area contributed by atoms with Crippen LogP contribution in [0.3, 0.4) is 0 Å². The largest absolute Gasteiger partial charge is 0.481 e. The van der Waals surface area contributed by atoms with E-state index in [1.54, 1.807) is 15.5 Å². The number of carboxylic acid groups (broad SMARTS) is 1. The van der Waals surface area contributed by atoms with Crippen LogP contribution in [0, 0.1) is 11.3 Å². The van der Waals surface area contributed by atoms with Crippen LogP contribution in [-0.2, 0) is 11.8 Å². The van der Waals surface area contributed by atoms with E-state index in [-0.39, 0.29) is 11.8 Å². The lowest BCUT2D eigenvalue weighted by Gasteiger charge is -2.28. The van der Waals surface area contributed by atoms with E-state index in [1.165, 1.54) is 0 Å². The Labute approximate surface area is 112 Å². The third-order valence-corrected chi connectivity index (χ3v) is 4.28. The normalized spacial score (nSPS) is 23.1. The lowest BCUT2D eigenvalue weighted by molar-refractivity contribution is -0.150. The van der Waals surface area contributed by atoms with Crippen molar-refractivity contribution in [1.29, 1.82) is 0 Å². The van der Waals surface area contributed by atoms with Crippen LogP contribution in [0.4, 0.5) is 0 Å². The topological polar surface area (TPSA) is 62.5 Å². The van der Waals surface area contributed by atoms with Crippen LogP contribution in [0.1, 0.15) is 30.8 Å². The summed E-state index contributed by atoms with van der Waals surface area (Å²) in [7, 11) is 1.82. The lowest BCUT2D eigenvalue weighted by Crippen LogP contribution is -2.40. The summed E-state index contributed by atoms with van der Waals surface area (Å²) in [5, 5.41) is 9.48. The second kappa shape index (κ2) is 4.72. The Kier molecular flexibility index (Phi) is 3.39. The molecule has 0 saturated carbocycles. The minimum atomic E-state index is -0.805. The molecule has 5 nitrogen and oxygen atoms in total. The van der Waals surface area contributed by atoms with Crippen molar-refractivity contribution < 1.29 is 14.7 Å². The van der Waals surface area contributed by atoms with Crippen molar-refractivity contribution in [2.24, 2.45) is 18.4 Å². The molecule has 0 aromatic carbocycles. The fourth-order valence-electron chi connectivity index (χ4n) is 2.74. The summed E-state index contributed by atoms with van der Waals surface area (Å²) in [4.78, 5) is 25.6. The van der Waals surface area contributed by atoms with Gasteiger partial charge in [0.25, 0.3) is 5.91 Å². The summed E-state index contributed by atoms with van der Waals surface area (Å²) < 4.78 is 1.76. The molecule has 1 N–H and O–H groups in total. The van der Waals surface area contributed by atoms with Gasteiger partial charge >= 0.3 is 5.97 Å². The molecule has 1 atom stereocenters. The van der Waals surface area contributed by atoms with Crippen LogP contribution in [0.5, 0.6) is 0 Å². The number of aromatic nitrogens is 1. The fourth-order valence-corrected chi connectivity index (χ4v) is 2.74. The van der Waals surface area contributed by atoms with Crippen molar-refractivity contribution in [3.05, 3.63) is 24.0 Å². The Morgan fingerprint density at radius 3 is 2.53 bits per heavy atom. The van der Waals surface area contributed by atoms with Crippen LogP contribution in [0.25, 0.3) is 0 Å². The van der Waals surface area contributed by atoms with E-state index >= 15 is 0 Å². The number of nitrogens with zero attached hydrogens (tertiary/aromatic N) is 2. The van der Waals surface area contributed by atoms with Gasteiger partial charge in [-0.2, -0.15) is 0 Å². The van der Waals surface area contributed by atoms with Gasteiger partial charge in [0.1, 0.15) is 5.69 Å². The second-order valence-corrected chi connectivity index (χ2v) is 5.60. The molecular weight excluding hydrogens is 244 g/mol. The van der Waals surface area contributed by atoms with E-state index in [0.29, 0.717) is 25.2 Å². The highest BCUT2D eigenvalue weighted by molar-refractivity contribution is 5.93. The SMILES string of the molecule is CC(C)C1(C(=O)O)CCN(C(=O)c2cccn2C)C1. The highest BCUT2D eigenvalue weighted by atomic mass is 16.4. The molecule has 1 unspecified atom stereocenters. The molecule has 104 valence electrons. The van der Waals surface area contributed by atoms with Crippen LogP contribution in [0.15, 0.2) is 18.3 Å². The number of carbonyl (C=O) groups excluding carboxylic acids is 1. The summed E-state index contributed by atoms with van der Waals surface area (Å²) >= 11 is 0. The van der Waals surface area contributed by atoms with E-state index in [4.69, 9.17) is 0 Å². The van der Waals surface area contributed by atoms with Crippen LogP contribution < -0.4 is 0 Å². The molecule has 0 aliphatic carbocycles. The fraction of sp³-hybridized carbons (Fsp3) is 0.571. The third kappa shape index (κ3) is 2.13. The molecule has 0 spiro atoms. The molecule has 5 heteroatoms. The maximum atomic E-state index is 12.4. The molecule has 1 saturated heterocycles. The van der Waals surface area contributed by atoms with Crippen LogP contribution >= 0.6 is 0 Å². The summed E-state index contributed by atoms with van der Waals surface area (Å²) in [6.45, 7) is 4.62. The molecule has 0 bridgehead atoms. The molecule has 1 aromatic heterocycles. The maximum absolute atomic E-state index is 12.4. The summed E-state index contributed by atoms with van der Waals surface area (Å²) in [6, 6.07) is 3.58. The Morgan fingerprint density at radius 2 is 2.11 bits per heavy atom. The van der Waals surface area contributed by atoms with Crippen molar-refractivity contribution in [3.8, 4) is 0 Å². The predicted octanol–water partition coefficient (Wildman–Crippen LogP) is 1.60. The molecule has 1 fully saturated rings. The van der Waals surface area contributed by atoms with Crippen LogP contribution in [0.2, 0.25) is 0 Å². The molecule has 1 aliphatic heterocycles. The molecule has 2 heterocycles. The summed E-state index contributed by atoms with van der Waals surface area (Å²) in [5.41, 5.74) is -0.203. The zero-order chi connectivity index (χ0) is 14.2. The van der Waals surface area contributed by atoms with Gasteiger partial charge in [0.05, 0.1) is 5.41 Å². The minimum absolute atomic E-state index is 0.0104. The number of amides is 1. The highest BCUT2D eigenvalue weighted by Crippen LogP contribution is 2.38. The molecular formula is C14H20N2O3. The number of carbonyl (C=O) groups is 2. The molecule has 1 aromatic rings. The monoisotopic (exact) mass is 264 g/mol. The number of rotatable bonds is 3. The van der Waals surface area contributed by atoms with Gasteiger partial charge in [-0.05, 0) is 24.5 Å². The van der Waals surface area contributed by atoms with Crippen molar-refractivity contribution in [2.45, 2.75) is 20.3 Å². The van der Waals surface area contributed by atoms with Crippen LogP contribution in [-0.4, -0.2) is 39.5 Å². The smallest absolute Gasteiger partial charge is 0.311 e. The summed E-state index contributed by atoms with van der Waals surface area (Å²) in [6.07, 6.45) is 2.34. The Hall–Kier alpha value is -1.78.